The Kier molecular flexibility index (Phi) is 5.21. The third-order valence-corrected chi connectivity index (χ3v) is 5.28. The summed E-state index contributed by atoms with van der Waals surface area (Å²) in [5, 5.41) is 3.24. The number of aromatic nitrogens is 3. The number of nitrogens with one attached hydrogen (secondary N) is 1. The lowest BCUT2D eigenvalue weighted by atomic mass is 10.1. The van der Waals surface area contributed by atoms with Crippen molar-refractivity contribution >= 4 is 23.1 Å². The monoisotopic (exact) mass is 423 g/mol. The Balaban J connectivity index is 1.38. The first-order valence-corrected chi connectivity index (χ1v) is 10.3. The lowest BCUT2D eigenvalue weighted by Crippen LogP contribution is -2.28. The van der Waals surface area contributed by atoms with Crippen LogP contribution in [-0.2, 0) is 6.42 Å². The normalized spacial score (nSPS) is 12.3. The highest BCUT2D eigenvalue weighted by Gasteiger charge is 2.28. The molecule has 0 bridgehead atoms. The highest BCUT2D eigenvalue weighted by molar-refractivity contribution is 6.07. The van der Waals surface area contributed by atoms with Crippen molar-refractivity contribution < 1.29 is 9.53 Å². The zero-order chi connectivity index (χ0) is 21.9. The summed E-state index contributed by atoms with van der Waals surface area (Å²) in [5.41, 5.74) is 4.25. The number of fused-ring (bicyclic) bond motifs is 1. The molecular weight excluding hydrogens is 402 g/mol. The first-order valence-electron chi connectivity index (χ1n) is 10.3. The van der Waals surface area contributed by atoms with Gasteiger partial charge in [-0.05, 0) is 61.9 Å². The van der Waals surface area contributed by atoms with Crippen molar-refractivity contribution in [3.05, 3.63) is 96.2 Å². The van der Waals surface area contributed by atoms with Crippen molar-refractivity contribution in [1.29, 1.82) is 0 Å². The SMILES string of the molecule is Cc1cc(Nc2cc(C(=O)N3CCc4c(Oc5ccncc5)cccc43)ccn2)ccn1. The van der Waals surface area contributed by atoms with Gasteiger partial charge in [0, 0.05) is 53.8 Å². The number of benzene rings is 1. The fourth-order valence-electron chi connectivity index (χ4n) is 3.80. The molecule has 7 nitrogen and oxygen atoms in total. The van der Waals surface area contributed by atoms with Gasteiger partial charge in [0.05, 0.1) is 5.69 Å². The Morgan fingerprint density at radius 1 is 1.00 bits per heavy atom. The summed E-state index contributed by atoms with van der Waals surface area (Å²) in [5.74, 6) is 2.01. The van der Waals surface area contributed by atoms with E-state index in [1.807, 2.05) is 49.4 Å². The summed E-state index contributed by atoms with van der Waals surface area (Å²) in [6, 6.07) is 16.7. The molecule has 7 heteroatoms. The fourth-order valence-corrected chi connectivity index (χ4v) is 3.80. The van der Waals surface area contributed by atoms with E-state index in [9.17, 15) is 4.79 Å². The van der Waals surface area contributed by atoms with Crippen molar-refractivity contribution in [2.24, 2.45) is 0 Å². The van der Waals surface area contributed by atoms with Crippen LogP contribution in [-0.4, -0.2) is 27.4 Å². The van der Waals surface area contributed by atoms with Gasteiger partial charge in [0.2, 0.25) is 0 Å². The Hall–Kier alpha value is -4.26. The van der Waals surface area contributed by atoms with E-state index in [-0.39, 0.29) is 5.91 Å². The van der Waals surface area contributed by atoms with Gasteiger partial charge in [-0.2, -0.15) is 0 Å². The number of hydrogen-bond acceptors (Lipinski definition) is 6. The number of rotatable bonds is 5. The Bertz CT molecular complexity index is 1280. The van der Waals surface area contributed by atoms with Crippen molar-refractivity contribution in [3.63, 3.8) is 0 Å². The predicted octanol–water partition coefficient (Wildman–Crippen LogP) is 4.92. The molecule has 1 aromatic carbocycles. The summed E-state index contributed by atoms with van der Waals surface area (Å²) in [6.45, 7) is 2.52. The minimum atomic E-state index is -0.0684. The number of amides is 1. The van der Waals surface area contributed by atoms with Crippen LogP contribution in [0.1, 0.15) is 21.6 Å². The quantitative estimate of drug-likeness (QED) is 0.491. The van der Waals surface area contributed by atoms with E-state index in [1.165, 1.54) is 0 Å². The Morgan fingerprint density at radius 3 is 2.69 bits per heavy atom. The molecule has 5 rings (SSSR count). The van der Waals surface area contributed by atoms with Gasteiger partial charge in [-0.15, -0.1) is 0 Å². The average Bonchev–Trinajstić information content (AvgIpc) is 3.25. The standard InChI is InChI=1S/C25H21N5O2/c1-17-15-19(6-13-27-17)29-24-16-18(5-12-28-24)25(31)30-14-9-21-22(30)3-2-4-23(21)32-20-7-10-26-11-8-20/h2-8,10-13,15-16H,9,14H2,1H3,(H,27,28,29). The fraction of sp³-hybridized carbons (Fsp3) is 0.120. The zero-order valence-electron chi connectivity index (χ0n) is 17.5. The second-order valence-electron chi connectivity index (χ2n) is 7.49. The molecule has 4 aromatic rings. The molecule has 1 aliphatic heterocycles. The lowest BCUT2D eigenvalue weighted by molar-refractivity contribution is 0.0989. The molecule has 1 aliphatic rings. The van der Waals surface area contributed by atoms with Crippen LogP contribution < -0.4 is 15.0 Å². The molecule has 32 heavy (non-hydrogen) atoms. The maximum absolute atomic E-state index is 13.3. The van der Waals surface area contributed by atoms with Crippen molar-refractivity contribution in [2.45, 2.75) is 13.3 Å². The number of nitrogens with zero attached hydrogens (tertiary/aromatic N) is 4. The number of anilines is 3. The van der Waals surface area contributed by atoms with Crippen LogP contribution >= 0.6 is 0 Å². The summed E-state index contributed by atoms with van der Waals surface area (Å²) >= 11 is 0. The molecule has 4 heterocycles. The molecule has 0 saturated carbocycles. The number of ether oxygens (including phenoxy) is 1. The topological polar surface area (TPSA) is 80.2 Å². The number of aryl methyl sites for hydroxylation is 1. The van der Waals surface area contributed by atoms with E-state index in [4.69, 9.17) is 4.74 Å². The average molecular weight is 423 g/mol. The van der Waals surface area contributed by atoms with Crippen LogP contribution in [0.2, 0.25) is 0 Å². The molecule has 1 amide bonds. The molecule has 0 spiro atoms. The van der Waals surface area contributed by atoms with Crippen LogP contribution in [0.15, 0.2) is 79.4 Å². The second-order valence-corrected chi connectivity index (χ2v) is 7.49. The number of pyridine rings is 3. The van der Waals surface area contributed by atoms with Crippen molar-refractivity contribution in [3.8, 4) is 11.5 Å². The van der Waals surface area contributed by atoms with Gasteiger partial charge in [0.25, 0.3) is 5.91 Å². The lowest BCUT2D eigenvalue weighted by Gasteiger charge is -2.18. The van der Waals surface area contributed by atoms with E-state index < -0.39 is 0 Å². The van der Waals surface area contributed by atoms with Gasteiger partial charge >= 0.3 is 0 Å². The van der Waals surface area contributed by atoms with Gasteiger partial charge in [0.1, 0.15) is 17.3 Å². The van der Waals surface area contributed by atoms with Crippen molar-refractivity contribution in [2.75, 3.05) is 16.8 Å². The van der Waals surface area contributed by atoms with Gasteiger partial charge in [-0.3, -0.25) is 14.8 Å². The van der Waals surface area contributed by atoms with E-state index >= 15 is 0 Å². The molecule has 0 aliphatic carbocycles. The maximum atomic E-state index is 13.3. The van der Waals surface area contributed by atoms with Gasteiger partial charge in [-0.25, -0.2) is 4.98 Å². The molecule has 0 atom stereocenters. The van der Waals surface area contributed by atoms with E-state index in [1.54, 1.807) is 41.8 Å². The number of carbonyl (C=O) groups is 1. The van der Waals surface area contributed by atoms with E-state index in [0.29, 0.717) is 17.9 Å². The summed E-state index contributed by atoms with van der Waals surface area (Å²) < 4.78 is 6.05. The smallest absolute Gasteiger partial charge is 0.258 e. The second kappa shape index (κ2) is 8.47. The highest BCUT2D eigenvalue weighted by atomic mass is 16.5. The highest BCUT2D eigenvalue weighted by Crippen LogP contribution is 2.37. The Morgan fingerprint density at radius 2 is 1.84 bits per heavy atom. The molecule has 0 unspecified atom stereocenters. The third-order valence-electron chi connectivity index (χ3n) is 5.28. The summed E-state index contributed by atoms with van der Waals surface area (Å²) in [7, 11) is 0. The van der Waals surface area contributed by atoms with Crippen LogP contribution in [0, 0.1) is 6.92 Å². The predicted molar refractivity (Wildman–Crippen MR) is 123 cm³/mol. The first kappa shape index (κ1) is 19.7. The van der Waals surface area contributed by atoms with E-state index in [2.05, 4.69) is 20.3 Å². The molecule has 0 fully saturated rings. The summed E-state index contributed by atoms with van der Waals surface area (Å²) in [4.78, 5) is 27.7. The summed E-state index contributed by atoms with van der Waals surface area (Å²) in [6.07, 6.45) is 7.49. The van der Waals surface area contributed by atoms with Crippen LogP contribution in [0.25, 0.3) is 0 Å². The Labute approximate surface area is 185 Å². The van der Waals surface area contributed by atoms with Gasteiger partial charge in [0.15, 0.2) is 0 Å². The largest absolute Gasteiger partial charge is 0.457 e. The molecule has 3 aromatic heterocycles. The van der Waals surface area contributed by atoms with Crippen LogP contribution in [0.4, 0.5) is 17.2 Å². The van der Waals surface area contributed by atoms with Gasteiger partial charge in [-0.1, -0.05) is 6.07 Å². The van der Waals surface area contributed by atoms with Crippen molar-refractivity contribution in [1.82, 2.24) is 15.0 Å². The van der Waals surface area contributed by atoms with Crippen LogP contribution in [0.5, 0.6) is 11.5 Å². The first-order chi connectivity index (χ1) is 15.7. The number of carbonyl (C=O) groups excluding carboxylic acids is 1. The molecule has 0 saturated heterocycles. The zero-order valence-corrected chi connectivity index (χ0v) is 17.5. The molecule has 158 valence electrons. The number of hydrogen-bond donors (Lipinski definition) is 1. The van der Waals surface area contributed by atoms with E-state index in [0.717, 1.165) is 40.6 Å². The van der Waals surface area contributed by atoms with Crippen LogP contribution in [0.3, 0.4) is 0 Å². The van der Waals surface area contributed by atoms with Gasteiger partial charge < -0.3 is 15.0 Å². The molecular formula is C25H21N5O2. The molecule has 1 N–H and O–H groups in total. The third kappa shape index (κ3) is 4.00. The molecule has 0 radical (unpaired) electrons. The minimum Gasteiger partial charge on any atom is -0.457 e. The maximum Gasteiger partial charge on any atom is 0.258 e. The minimum absolute atomic E-state index is 0.0684.